The number of ketones is 1. The molecule has 0 aromatic heterocycles. The second-order valence-electron chi connectivity index (χ2n) is 4.37. The molecule has 0 bridgehead atoms. The number of rotatable bonds is 7. The molecule has 20 heavy (non-hydrogen) atoms. The zero-order valence-electron chi connectivity index (χ0n) is 11.3. The molecule has 1 aromatic carbocycles. The lowest BCUT2D eigenvalue weighted by Gasteiger charge is -2.07. The average molecular weight is 278 g/mol. The Bertz CT molecular complexity index is 482. The molecule has 0 fully saturated rings. The van der Waals surface area contributed by atoms with Crippen LogP contribution in [-0.2, 0) is 4.79 Å². The van der Waals surface area contributed by atoms with Crippen LogP contribution in [0.2, 0.25) is 0 Å². The molecule has 0 atom stereocenters. The van der Waals surface area contributed by atoms with E-state index in [1.165, 1.54) is 6.92 Å². The molecule has 0 aliphatic carbocycles. The maximum atomic E-state index is 11.5. The van der Waals surface area contributed by atoms with Crippen LogP contribution < -0.4 is 10.6 Å². The van der Waals surface area contributed by atoms with Gasteiger partial charge in [-0.25, -0.2) is 4.79 Å². The summed E-state index contributed by atoms with van der Waals surface area (Å²) in [6, 6.07) is 6.24. The second kappa shape index (κ2) is 7.93. The monoisotopic (exact) mass is 278 g/mol. The van der Waals surface area contributed by atoms with E-state index < -0.39 is 5.97 Å². The fraction of sp³-hybridized carbons (Fsp3) is 0.357. The molecule has 1 aromatic rings. The molecule has 0 saturated carbocycles. The molecule has 6 heteroatoms. The Balaban J connectivity index is 2.28. The number of carboxylic acids is 1. The Kier molecular flexibility index (Phi) is 6.22. The smallest absolute Gasteiger partial charge is 0.319 e. The minimum absolute atomic E-state index is 0.0283. The molecule has 0 spiro atoms. The highest BCUT2D eigenvalue weighted by atomic mass is 16.4. The van der Waals surface area contributed by atoms with Crippen LogP contribution in [0.1, 0.15) is 36.5 Å². The van der Waals surface area contributed by atoms with E-state index in [1.54, 1.807) is 24.3 Å². The molecule has 108 valence electrons. The Labute approximate surface area is 117 Å². The molecule has 3 N–H and O–H groups in total. The van der Waals surface area contributed by atoms with Crippen molar-refractivity contribution in [3.05, 3.63) is 29.8 Å². The number of carbonyl (C=O) groups is 3. The van der Waals surface area contributed by atoms with Crippen LogP contribution in [0.3, 0.4) is 0 Å². The van der Waals surface area contributed by atoms with Crippen LogP contribution >= 0.6 is 0 Å². The van der Waals surface area contributed by atoms with E-state index in [2.05, 4.69) is 10.6 Å². The van der Waals surface area contributed by atoms with Gasteiger partial charge in [0.2, 0.25) is 0 Å². The topological polar surface area (TPSA) is 95.5 Å². The molecular weight excluding hydrogens is 260 g/mol. The van der Waals surface area contributed by atoms with Crippen molar-refractivity contribution in [2.24, 2.45) is 0 Å². The van der Waals surface area contributed by atoms with E-state index >= 15 is 0 Å². The van der Waals surface area contributed by atoms with E-state index in [4.69, 9.17) is 5.11 Å². The van der Waals surface area contributed by atoms with E-state index in [1.807, 2.05) is 0 Å². The third-order valence-electron chi connectivity index (χ3n) is 2.65. The van der Waals surface area contributed by atoms with Crippen LogP contribution in [0.4, 0.5) is 10.5 Å². The van der Waals surface area contributed by atoms with Gasteiger partial charge in [0.25, 0.3) is 0 Å². The van der Waals surface area contributed by atoms with Crippen molar-refractivity contribution in [2.45, 2.75) is 26.2 Å². The van der Waals surface area contributed by atoms with Crippen LogP contribution in [0.25, 0.3) is 0 Å². The summed E-state index contributed by atoms with van der Waals surface area (Å²) in [5.41, 5.74) is 1.18. The minimum Gasteiger partial charge on any atom is -0.481 e. The second-order valence-corrected chi connectivity index (χ2v) is 4.37. The van der Waals surface area contributed by atoms with Crippen molar-refractivity contribution >= 4 is 23.5 Å². The number of carboxylic acid groups (broad SMARTS) is 1. The third kappa shape index (κ3) is 5.99. The quantitative estimate of drug-likeness (QED) is 0.526. The van der Waals surface area contributed by atoms with Crippen molar-refractivity contribution in [1.82, 2.24) is 5.32 Å². The zero-order chi connectivity index (χ0) is 15.0. The number of nitrogens with one attached hydrogen (secondary N) is 2. The number of hydrogen-bond donors (Lipinski definition) is 3. The molecule has 0 unspecified atom stereocenters. The van der Waals surface area contributed by atoms with Crippen LogP contribution in [0, 0.1) is 0 Å². The number of unbranched alkanes of at least 4 members (excludes halogenated alkanes) is 1. The summed E-state index contributed by atoms with van der Waals surface area (Å²) in [6.45, 7) is 1.90. The Hall–Kier alpha value is -2.37. The van der Waals surface area contributed by atoms with E-state index in [9.17, 15) is 14.4 Å². The number of Topliss-reactive ketones (excluding diaryl/α,β-unsaturated/α-hetero) is 1. The SMILES string of the molecule is CC(=O)c1ccc(NC(=O)NCCCCC(=O)O)cc1. The number of benzene rings is 1. The lowest BCUT2D eigenvalue weighted by molar-refractivity contribution is -0.137. The van der Waals surface area contributed by atoms with Crippen molar-refractivity contribution in [3.63, 3.8) is 0 Å². The number of anilines is 1. The highest BCUT2D eigenvalue weighted by Gasteiger charge is 2.03. The first-order valence-corrected chi connectivity index (χ1v) is 6.36. The largest absolute Gasteiger partial charge is 0.481 e. The molecule has 2 amide bonds. The lowest BCUT2D eigenvalue weighted by atomic mass is 10.1. The number of aliphatic carboxylic acids is 1. The molecule has 0 radical (unpaired) electrons. The number of hydrogen-bond acceptors (Lipinski definition) is 3. The Morgan fingerprint density at radius 1 is 1.10 bits per heavy atom. The summed E-state index contributed by atoms with van der Waals surface area (Å²) in [4.78, 5) is 32.9. The summed E-state index contributed by atoms with van der Waals surface area (Å²) in [5.74, 6) is -0.862. The van der Waals surface area contributed by atoms with Gasteiger partial charge in [-0.05, 0) is 44.0 Å². The minimum atomic E-state index is -0.833. The van der Waals surface area contributed by atoms with Crippen molar-refractivity contribution < 1.29 is 19.5 Å². The van der Waals surface area contributed by atoms with E-state index in [-0.39, 0.29) is 18.2 Å². The summed E-state index contributed by atoms with van der Waals surface area (Å²) in [7, 11) is 0. The van der Waals surface area contributed by atoms with E-state index in [0.29, 0.717) is 30.6 Å². The average Bonchev–Trinajstić information content (AvgIpc) is 2.38. The molecule has 1 rings (SSSR count). The first-order chi connectivity index (χ1) is 9.49. The van der Waals surface area contributed by atoms with Gasteiger partial charge >= 0.3 is 12.0 Å². The predicted molar refractivity (Wildman–Crippen MR) is 75.0 cm³/mol. The van der Waals surface area contributed by atoms with Gasteiger partial charge in [0, 0.05) is 24.2 Å². The highest BCUT2D eigenvalue weighted by Crippen LogP contribution is 2.09. The summed E-state index contributed by atoms with van der Waals surface area (Å²) < 4.78 is 0. The maximum Gasteiger partial charge on any atom is 0.319 e. The van der Waals surface area contributed by atoms with Gasteiger partial charge in [-0.15, -0.1) is 0 Å². The standard InChI is InChI=1S/C14H18N2O4/c1-10(17)11-5-7-12(8-6-11)16-14(20)15-9-3-2-4-13(18)19/h5-8H,2-4,9H2,1H3,(H,18,19)(H2,15,16,20). The van der Waals surface area contributed by atoms with Gasteiger partial charge < -0.3 is 15.7 Å². The Morgan fingerprint density at radius 3 is 2.30 bits per heavy atom. The normalized spacial score (nSPS) is 9.85. The molecular formula is C14H18N2O4. The summed E-state index contributed by atoms with van der Waals surface area (Å²) in [5, 5.41) is 13.7. The van der Waals surface area contributed by atoms with Gasteiger partial charge in [0.15, 0.2) is 5.78 Å². The number of amides is 2. The van der Waals surface area contributed by atoms with Crippen molar-refractivity contribution in [1.29, 1.82) is 0 Å². The highest BCUT2D eigenvalue weighted by molar-refractivity contribution is 5.95. The number of carbonyl (C=O) groups excluding carboxylic acids is 2. The third-order valence-corrected chi connectivity index (χ3v) is 2.65. The molecule has 6 nitrogen and oxygen atoms in total. The van der Waals surface area contributed by atoms with Crippen molar-refractivity contribution in [3.8, 4) is 0 Å². The molecule has 0 saturated heterocycles. The van der Waals surface area contributed by atoms with Crippen molar-refractivity contribution in [2.75, 3.05) is 11.9 Å². The summed E-state index contributed by atoms with van der Waals surface area (Å²) in [6.07, 6.45) is 1.25. The van der Waals surface area contributed by atoms with Gasteiger partial charge in [0.1, 0.15) is 0 Å². The number of urea groups is 1. The maximum absolute atomic E-state index is 11.5. The molecule has 0 heterocycles. The van der Waals surface area contributed by atoms with Gasteiger partial charge in [-0.2, -0.15) is 0 Å². The molecule has 0 aliphatic heterocycles. The zero-order valence-corrected chi connectivity index (χ0v) is 11.3. The molecule has 0 aliphatic rings. The van der Waals surface area contributed by atoms with Crippen LogP contribution in [0.15, 0.2) is 24.3 Å². The fourth-order valence-electron chi connectivity index (χ4n) is 1.57. The van der Waals surface area contributed by atoms with Gasteiger partial charge in [0.05, 0.1) is 0 Å². The summed E-state index contributed by atoms with van der Waals surface area (Å²) >= 11 is 0. The van der Waals surface area contributed by atoms with Gasteiger partial charge in [-0.3, -0.25) is 9.59 Å². The van der Waals surface area contributed by atoms with Gasteiger partial charge in [-0.1, -0.05) is 0 Å². The lowest BCUT2D eigenvalue weighted by Crippen LogP contribution is -2.29. The first-order valence-electron chi connectivity index (χ1n) is 6.36. The first kappa shape index (κ1) is 15.7. The fourth-order valence-corrected chi connectivity index (χ4v) is 1.57. The predicted octanol–water partition coefficient (Wildman–Crippen LogP) is 2.27. The Morgan fingerprint density at radius 2 is 1.75 bits per heavy atom. The van der Waals surface area contributed by atoms with E-state index in [0.717, 1.165) is 0 Å². The van der Waals surface area contributed by atoms with Crippen LogP contribution in [0.5, 0.6) is 0 Å². The van der Waals surface area contributed by atoms with Crippen LogP contribution in [-0.4, -0.2) is 29.4 Å².